The largest absolute Gasteiger partial charge is 0.445 e. The summed E-state index contributed by atoms with van der Waals surface area (Å²) in [6.45, 7) is 3.68. The number of carbonyl (C=O) groups excluding carboxylic acids is 3. The lowest BCUT2D eigenvalue weighted by Gasteiger charge is -2.44. The molecule has 7 nitrogen and oxygen atoms in total. The lowest BCUT2D eigenvalue weighted by atomic mass is 9.72. The van der Waals surface area contributed by atoms with Crippen molar-refractivity contribution in [1.82, 2.24) is 15.1 Å². The quantitative estimate of drug-likeness (QED) is 0.465. The van der Waals surface area contributed by atoms with Gasteiger partial charge in [0.25, 0.3) is 0 Å². The van der Waals surface area contributed by atoms with Gasteiger partial charge in [0.2, 0.25) is 5.91 Å². The van der Waals surface area contributed by atoms with Crippen molar-refractivity contribution < 1.29 is 23.5 Å². The number of piperidine rings is 1. The number of hydrogen-bond donors (Lipinski definition) is 1. The highest BCUT2D eigenvalue weighted by Gasteiger charge is 2.57. The SMILES string of the molecule is CN(C(=O)OCc1ccc(F)cc1)[C@@]1(C(=O)C2CCN(C(=O)C3(C)CC3)CC2)CNC[C@@H]1c1ccc(Cl)c(Cl)c1. The first-order valence-electron chi connectivity index (χ1n) is 13.7. The summed E-state index contributed by atoms with van der Waals surface area (Å²) in [5.41, 5.74) is -0.0623. The van der Waals surface area contributed by atoms with Crippen molar-refractivity contribution in [2.45, 2.75) is 50.7 Å². The summed E-state index contributed by atoms with van der Waals surface area (Å²) in [4.78, 5) is 44.2. The van der Waals surface area contributed by atoms with E-state index < -0.39 is 17.6 Å². The number of halogens is 3. The summed E-state index contributed by atoms with van der Waals surface area (Å²) in [6.07, 6.45) is 2.25. The van der Waals surface area contributed by atoms with E-state index in [0.29, 0.717) is 48.1 Å². The van der Waals surface area contributed by atoms with Gasteiger partial charge >= 0.3 is 6.09 Å². The molecule has 2 aromatic carbocycles. The van der Waals surface area contributed by atoms with Crippen molar-refractivity contribution in [1.29, 1.82) is 0 Å². The molecule has 214 valence electrons. The molecule has 3 aliphatic rings. The molecule has 0 bridgehead atoms. The second-order valence-electron chi connectivity index (χ2n) is 11.5. The predicted octanol–water partition coefficient (Wildman–Crippen LogP) is 5.43. The molecule has 2 heterocycles. The standard InChI is InChI=1S/C30H34Cl2FN3O4/c1-29(11-12-29)27(38)36-13-9-20(10-14-36)26(37)30(18-34-16-23(30)21-5-8-24(31)25(32)15-21)35(2)28(39)40-17-19-3-6-22(33)7-4-19/h3-8,15,20,23,34H,9-14,16-18H2,1-2H3/t23-,30+/m1/s1. The third kappa shape index (κ3) is 5.46. The molecule has 1 saturated carbocycles. The Labute approximate surface area is 243 Å². The number of rotatable bonds is 7. The Morgan fingerprint density at radius 1 is 1.07 bits per heavy atom. The van der Waals surface area contributed by atoms with Crippen LogP contribution >= 0.6 is 23.2 Å². The van der Waals surface area contributed by atoms with Crippen LogP contribution in [0.3, 0.4) is 0 Å². The van der Waals surface area contributed by atoms with Crippen molar-refractivity contribution in [3.8, 4) is 0 Å². The molecular weight excluding hydrogens is 556 g/mol. The number of hydrogen-bond acceptors (Lipinski definition) is 5. The van der Waals surface area contributed by atoms with Crippen molar-refractivity contribution >= 4 is 41.0 Å². The average Bonchev–Trinajstić information content (AvgIpc) is 3.56. The third-order valence-electron chi connectivity index (χ3n) is 8.91. The number of likely N-dealkylation sites (tertiary alicyclic amines) is 1. The third-order valence-corrected chi connectivity index (χ3v) is 9.65. The first-order valence-corrected chi connectivity index (χ1v) is 14.5. The average molecular weight is 591 g/mol. The summed E-state index contributed by atoms with van der Waals surface area (Å²) in [5, 5.41) is 4.11. The second-order valence-corrected chi connectivity index (χ2v) is 12.3. The van der Waals surface area contributed by atoms with Gasteiger partial charge < -0.3 is 15.0 Å². The van der Waals surface area contributed by atoms with Crippen molar-refractivity contribution in [3.05, 3.63) is 69.5 Å². The minimum absolute atomic E-state index is 0.0560. The van der Waals surface area contributed by atoms with E-state index in [-0.39, 0.29) is 42.0 Å². The number of ketones is 1. The molecule has 2 atom stereocenters. The Bertz CT molecular complexity index is 1290. The fourth-order valence-electron chi connectivity index (χ4n) is 6.07. The first kappa shape index (κ1) is 28.8. The number of likely N-dealkylation sites (N-methyl/N-ethyl adjacent to an activating group) is 1. The van der Waals surface area contributed by atoms with E-state index in [1.165, 1.54) is 17.0 Å². The highest BCUT2D eigenvalue weighted by Crippen LogP contribution is 2.47. The van der Waals surface area contributed by atoms with E-state index in [4.69, 9.17) is 27.9 Å². The maximum Gasteiger partial charge on any atom is 0.410 e. The molecule has 0 aromatic heterocycles. The molecule has 1 aliphatic carbocycles. The van der Waals surface area contributed by atoms with Crippen molar-refractivity contribution in [2.24, 2.45) is 11.3 Å². The van der Waals surface area contributed by atoms with Gasteiger partial charge in [-0.15, -0.1) is 0 Å². The molecule has 5 rings (SSSR count). The zero-order chi connectivity index (χ0) is 28.7. The maximum absolute atomic E-state index is 14.5. The molecule has 2 amide bonds. The number of ether oxygens (including phenoxy) is 1. The van der Waals surface area contributed by atoms with Crippen molar-refractivity contribution in [3.63, 3.8) is 0 Å². The monoisotopic (exact) mass is 589 g/mol. The van der Waals surface area contributed by atoms with Crippen LogP contribution in [-0.2, 0) is 20.9 Å². The number of Topliss-reactive ketones (excluding diaryl/α,β-unsaturated/α-hetero) is 1. The van der Waals surface area contributed by atoms with Gasteiger partial charge in [0, 0.05) is 50.5 Å². The van der Waals surface area contributed by atoms with Gasteiger partial charge in [-0.25, -0.2) is 9.18 Å². The number of nitrogens with one attached hydrogen (secondary N) is 1. The molecular formula is C30H34Cl2FN3O4. The van der Waals surface area contributed by atoms with Crippen molar-refractivity contribution in [2.75, 3.05) is 33.2 Å². The molecule has 10 heteroatoms. The Morgan fingerprint density at radius 2 is 1.75 bits per heavy atom. The van der Waals surface area contributed by atoms with E-state index >= 15 is 0 Å². The smallest absolute Gasteiger partial charge is 0.410 e. The summed E-state index contributed by atoms with van der Waals surface area (Å²) in [6, 6.07) is 11.0. The molecule has 0 radical (unpaired) electrons. The van der Waals surface area contributed by atoms with Crippen LogP contribution in [0.2, 0.25) is 10.0 Å². The highest BCUT2D eigenvalue weighted by molar-refractivity contribution is 6.42. The van der Waals surface area contributed by atoms with E-state index in [9.17, 15) is 18.8 Å². The normalized spacial score (nSPS) is 24.0. The lowest BCUT2D eigenvalue weighted by molar-refractivity contribution is -0.142. The maximum atomic E-state index is 14.5. The van der Waals surface area contributed by atoms with Gasteiger partial charge in [-0.3, -0.25) is 14.5 Å². The number of nitrogens with zero attached hydrogens (tertiary/aromatic N) is 2. The molecule has 2 aromatic rings. The Balaban J connectivity index is 1.40. The number of carbonyl (C=O) groups is 3. The van der Waals surface area contributed by atoms with Crippen LogP contribution in [0.5, 0.6) is 0 Å². The van der Waals surface area contributed by atoms with Crippen LogP contribution in [0.4, 0.5) is 9.18 Å². The molecule has 3 fully saturated rings. The Morgan fingerprint density at radius 3 is 2.38 bits per heavy atom. The minimum atomic E-state index is -1.24. The van der Waals surface area contributed by atoms with Gasteiger partial charge in [-0.2, -0.15) is 0 Å². The first-order chi connectivity index (χ1) is 19.0. The van der Waals surface area contributed by atoms with E-state index in [1.807, 2.05) is 17.9 Å². The van der Waals surface area contributed by atoms with Crippen LogP contribution in [0, 0.1) is 17.2 Å². The summed E-state index contributed by atoms with van der Waals surface area (Å²) >= 11 is 12.6. The summed E-state index contributed by atoms with van der Waals surface area (Å²) < 4.78 is 18.9. The predicted molar refractivity (Wildman–Crippen MR) is 151 cm³/mol. The van der Waals surface area contributed by atoms with E-state index in [1.54, 1.807) is 31.3 Å². The molecule has 2 saturated heterocycles. The molecule has 0 unspecified atom stereocenters. The van der Waals surface area contributed by atoms with Gasteiger partial charge in [-0.1, -0.05) is 48.3 Å². The Hall–Kier alpha value is -2.68. The second kappa shape index (κ2) is 11.3. The summed E-state index contributed by atoms with van der Waals surface area (Å²) in [5.74, 6) is -0.987. The molecule has 2 aliphatic heterocycles. The van der Waals surface area contributed by atoms with Gasteiger partial charge in [-0.05, 0) is 61.1 Å². The lowest BCUT2D eigenvalue weighted by Crippen LogP contribution is -2.62. The molecule has 1 N–H and O–H groups in total. The minimum Gasteiger partial charge on any atom is -0.445 e. The Kier molecular flexibility index (Phi) is 8.15. The topological polar surface area (TPSA) is 79.0 Å². The van der Waals surface area contributed by atoms with Crippen LogP contribution < -0.4 is 5.32 Å². The molecule has 40 heavy (non-hydrogen) atoms. The zero-order valence-corrected chi connectivity index (χ0v) is 24.2. The van der Waals surface area contributed by atoms with Crippen LogP contribution in [0.25, 0.3) is 0 Å². The van der Waals surface area contributed by atoms with Gasteiger partial charge in [0.1, 0.15) is 18.0 Å². The van der Waals surface area contributed by atoms with E-state index in [2.05, 4.69) is 5.32 Å². The van der Waals surface area contributed by atoms with Crippen LogP contribution in [-0.4, -0.2) is 66.3 Å². The fourth-order valence-corrected chi connectivity index (χ4v) is 6.37. The number of amides is 2. The fraction of sp³-hybridized carbons (Fsp3) is 0.500. The van der Waals surface area contributed by atoms with Gasteiger partial charge in [0.05, 0.1) is 10.0 Å². The molecule has 0 spiro atoms. The number of benzene rings is 2. The van der Waals surface area contributed by atoms with Crippen LogP contribution in [0.1, 0.15) is 49.7 Å². The van der Waals surface area contributed by atoms with Crippen LogP contribution in [0.15, 0.2) is 42.5 Å². The highest BCUT2D eigenvalue weighted by atomic mass is 35.5. The van der Waals surface area contributed by atoms with Gasteiger partial charge in [0.15, 0.2) is 5.78 Å². The zero-order valence-electron chi connectivity index (χ0n) is 22.7. The summed E-state index contributed by atoms with van der Waals surface area (Å²) in [7, 11) is 1.59. The van der Waals surface area contributed by atoms with E-state index in [0.717, 1.165) is 18.4 Å².